The first-order valence-corrected chi connectivity index (χ1v) is 5.36. The summed E-state index contributed by atoms with van der Waals surface area (Å²) in [5, 5.41) is 11.4. The van der Waals surface area contributed by atoms with Crippen LogP contribution < -0.4 is 0 Å². The molecule has 3 nitrogen and oxygen atoms in total. The molecule has 1 rings (SSSR count). The van der Waals surface area contributed by atoms with E-state index in [0.29, 0.717) is 12.8 Å². The van der Waals surface area contributed by atoms with Crippen LogP contribution in [0.25, 0.3) is 0 Å². The van der Waals surface area contributed by atoms with Gasteiger partial charge in [-0.25, -0.2) is 0 Å². The van der Waals surface area contributed by atoms with E-state index in [4.69, 9.17) is 0 Å². The van der Waals surface area contributed by atoms with Crippen LogP contribution in [0.4, 0.5) is 0 Å². The third kappa shape index (κ3) is 2.29. The Hall–Kier alpha value is -0.670. The maximum Gasteiger partial charge on any atom is 0.158 e. The Bertz CT molecular complexity index is 263. The second-order valence-corrected chi connectivity index (χ2v) is 5.65. The molecule has 1 fully saturated rings. The van der Waals surface area contributed by atoms with Crippen molar-refractivity contribution in [1.29, 1.82) is 0 Å². The average Bonchev–Trinajstić information content (AvgIpc) is 2.11. The fourth-order valence-corrected chi connectivity index (χ4v) is 2.64. The first-order valence-electron chi connectivity index (χ1n) is 5.36. The van der Waals surface area contributed by atoms with Gasteiger partial charge in [0, 0.05) is 17.0 Å². The van der Waals surface area contributed by atoms with Crippen molar-refractivity contribution in [1.82, 2.24) is 5.06 Å². The second kappa shape index (κ2) is 3.72. The number of piperidine rings is 1. The molecule has 15 heavy (non-hydrogen) atoms. The van der Waals surface area contributed by atoms with E-state index in [2.05, 4.69) is 6.58 Å². The molecule has 86 valence electrons. The number of hydrogen-bond donors (Lipinski definition) is 1. The molecule has 1 aliphatic heterocycles. The Balaban J connectivity index is 2.93. The molecule has 0 radical (unpaired) electrons. The van der Waals surface area contributed by atoms with Crippen molar-refractivity contribution in [3.63, 3.8) is 0 Å². The maximum absolute atomic E-state index is 11.6. The minimum atomic E-state index is -0.356. The molecule has 0 atom stereocenters. The molecule has 1 saturated heterocycles. The number of hydroxylamine groups is 2. The molecular formula is C12H21NO2. The lowest BCUT2D eigenvalue weighted by Gasteiger charge is -2.51. The summed E-state index contributed by atoms with van der Waals surface area (Å²) in [6.45, 7) is 11.3. The van der Waals surface area contributed by atoms with Crippen molar-refractivity contribution in [3.05, 3.63) is 12.7 Å². The van der Waals surface area contributed by atoms with E-state index in [0.717, 1.165) is 0 Å². The lowest BCUT2D eigenvalue weighted by atomic mass is 9.74. The normalized spacial score (nSPS) is 26.2. The number of ketones is 1. The van der Waals surface area contributed by atoms with Crippen LogP contribution in [0, 0.1) is 5.92 Å². The van der Waals surface area contributed by atoms with Gasteiger partial charge < -0.3 is 5.21 Å². The predicted octanol–water partition coefficient (Wildman–Crippen LogP) is 2.40. The molecule has 1 N–H and O–H groups in total. The molecule has 3 heteroatoms. The van der Waals surface area contributed by atoms with E-state index in [1.807, 2.05) is 27.7 Å². The second-order valence-electron chi connectivity index (χ2n) is 5.65. The van der Waals surface area contributed by atoms with Gasteiger partial charge in [0.15, 0.2) is 5.78 Å². The van der Waals surface area contributed by atoms with Crippen molar-refractivity contribution >= 4 is 5.78 Å². The van der Waals surface area contributed by atoms with E-state index >= 15 is 0 Å². The predicted molar refractivity (Wildman–Crippen MR) is 59.7 cm³/mol. The number of nitrogens with zero attached hydrogens (tertiary/aromatic N) is 1. The van der Waals surface area contributed by atoms with Crippen molar-refractivity contribution in [3.8, 4) is 0 Å². The maximum atomic E-state index is 11.6. The van der Waals surface area contributed by atoms with Crippen LogP contribution in [0.2, 0.25) is 0 Å². The lowest BCUT2D eigenvalue weighted by Crippen LogP contribution is -2.59. The smallest absolute Gasteiger partial charge is 0.158 e. The van der Waals surface area contributed by atoms with Gasteiger partial charge in [0.05, 0.1) is 0 Å². The standard InChI is InChI=1S/C12H21NO2/c1-6-10(14)9-7-11(2,3)13(15)12(4,5)8-9/h6,9,15H,1,7-8H2,2-5H3. The summed E-state index contributed by atoms with van der Waals surface area (Å²) in [5.74, 6) is 0.0696. The van der Waals surface area contributed by atoms with E-state index in [1.165, 1.54) is 11.1 Å². The van der Waals surface area contributed by atoms with Crippen LogP contribution in [0.5, 0.6) is 0 Å². The van der Waals surface area contributed by atoms with Crippen LogP contribution in [-0.4, -0.2) is 27.1 Å². The minimum absolute atomic E-state index is 0.0177. The van der Waals surface area contributed by atoms with Crippen LogP contribution in [0.15, 0.2) is 12.7 Å². The molecule has 0 aromatic heterocycles. The summed E-state index contributed by atoms with van der Waals surface area (Å²) < 4.78 is 0. The summed E-state index contributed by atoms with van der Waals surface area (Å²) in [6, 6.07) is 0. The monoisotopic (exact) mass is 211 g/mol. The third-order valence-corrected chi connectivity index (χ3v) is 3.24. The largest absolute Gasteiger partial charge is 0.313 e. The van der Waals surface area contributed by atoms with Gasteiger partial charge in [-0.3, -0.25) is 4.79 Å². The van der Waals surface area contributed by atoms with Crippen LogP contribution in [0.1, 0.15) is 40.5 Å². The van der Waals surface area contributed by atoms with Crippen LogP contribution >= 0.6 is 0 Å². The highest BCUT2D eigenvalue weighted by Gasteiger charge is 2.46. The Labute approximate surface area is 91.7 Å². The molecule has 0 aliphatic carbocycles. The average molecular weight is 211 g/mol. The van der Waals surface area contributed by atoms with Crippen molar-refractivity contribution < 1.29 is 10.0 Å². The Kier molecular flexibility index (Phi) is 3.08. The van der Waals surface area contributed by atoms with Gasteiger partial charge in [0.2, 0.25) is 0 Å². The number of carbonyl (C=O) groups is 1. The van der Waals surface area contributed by atoms with Crippen molar-refractivity contribution in [2.24, 2.45) is 5.92 Å². The number of rotatable bonds is 2. The van der Waals surface area contributed by atoms with Gasteiger partial charge >= 0.3 is 0 Å². The van der Waals surface area contributed by atoms with Crippen molar-refractivity contribution in [2.45, 2.75) is 51.6 Å². The number of allylic oxidation sites excluding steroid dienone is 1. The molecule has 0 spiro atoms. The van der Waals surface area contributed by atoms with Gasteiger partial charge in [0.25, 0.3) is 0 Å². The topological polar surface area (TPSA) is 40.5 Å². The van der Waals surface area contributed by atoms with Gasteiger partial charge in [-0.15, -0.1) is 0 Å². The quantitative estimate of drug-likeness (QED) is 0.713. The van der Waals surface area contributed by atoms with Gasteiger partial charge in [-0.05, 0) is 46.6 Å². The zero-order chi connectivity index (χ0) is 11.9. The number of hydrogen-bond acceptors (Lipinski definition) is 3. The van der Waals surface area contributed by atoms with Crippen LogP contribution in [0.3, 0.4) is 0 Å². The lowest BCUT2D eigenvalue weighted by molar-refractivity contribution is -0.249. The van der Waals surface area contributed by atoms with Gasteiger partial charge in [0.1, 0.15) is 0 Å². The molecule has 0 amide bonds. The zero-order valence-corrected chi connectivity index (χ0v) is 10.1. The minimum Gasteiger partial charge on any atom is -0.313 e. The molecule has 1 heterocycles. The summed E-state index contributed by atoms with van der Waals surface area (Å²) in [4.78, 5) is 11.6. The molecule has 0 aromatic rings. The number of carbonyl (C=O) groups excluding carboxylic acids is 1. The summed E-state index contributed by atoms with van der Waals surface area (Å²) in [5.41, 5.74) is -0.712. The van der Waals surface area contributed by atoms with Crippen molar-refractivity contribution in [2.75, 3.05) is 0 Å². The molecule has 0 aromatic carbocycles. The highest BCUT2D eigenvalue weighted by Crippen LogP contribution is 2.40. The van der Waals surface area contributed by atoms with Crippen LogP contribution in [-0.2, 0) is 4.79 Å². The summed E-state index contributed by atoms with van der Waals surface area (Å²) in [6.07, 6.45) is 2.75. The summed E-state index contributed by atoms with van der Waals surface area (Å²) >= 11 is 0. The first kappa shape index (κ1) is 12.4. The molecule has 0 saturated carbocycles. The van der Waals surface area contributed by atoms with Gasteiger partial charge in [-0.2, -0.15) is 5.06 Å². The summed E-state index contributed by atoms with van der Waals surface area (Å²) in [7, 11) is 0. The Morgan fingerprint density at radius 3 is 2.07 bits per heavy atom. The van der Waals surface area contributed by atoms with Gasteiger partial charge in [-0.1, -0.05) is 6.58 Å². The third-order valence-electron chi connectivity index (χ3n) is 3.24. The Morgan fingerprint density at radius 2 is 1.73 bits per heavy atom. The highest BCUT2D eigenvalue weighted by atomic mass is 16.5. The molecule has 1 aliphatic rings. The SMILES string of the molecule is C=CC(=O)C1CC(C)(C)N(O)C(C)(C)C1. The fourth-order valence-electron chi connectivity index (χ4n) is 2.64. The molecule has 0 unspecified atom stereocenters. The highest BCUT2D eigenvalue weighted by molar-refractivity contribution is 5.91. The van der Waals surface area contributed by atoms with E-state index in [1.54, 1.807) is 0 Å². The van der Waals surface area contributed by atoms with E-state index in [-0.39, 0.29) is 22.8 Å². The fraction of sp³-hybridized carbons (Fsp3) is 0.750. The first-order chi connectivity index (χ1) is 6.70. The molecule has 0 bridgehead atoms. The molecular weight excluding hydrogens is 190 g/mol. The Morgan fingerprint density at radius 1 is 1.33 bits per heavy atom. The van der Waals surface area contributed by atoms with E-state index in [9.17, 15) is 10.0 Å². The zero-order valence-electron chi connectivity index (χ0n) is 10.1. The van der Waals surface area contributed by atoms with E-state index < -0.39 is 0 Å².